The van der Waals surface area contributed by atoms with Crippen molar-refractivity contribution in [3.8, 4) is 0 Å². The molecular weight excluding hydrogens is 376 g/mol. The van der Waals surface area contributed by atoms with Crippen LogP contribution in [0.3, 0.4) is 0 Å². The lowest BCUT2D eigenvalue weighted by Crippen LogP contribution is -2.16. The predicted molar refractivity (Wildman–Crippen MR) is 97.4 cm³/mol. The van der Waals surface area contributed by atoms with Gasteiger partial charge in [-0.2, -0.15) is 0 Å². The molecule has 0 fully saturated rings. The normalized spacial score (nSPS) is 13.3. The number of nitrogens with one attached hydrogen (secondary N) is 2. The molecule has 0 atom stereocenters. The van der Waals surface area contributed by atoms with Gasteiger partial charge in [0.05, 0.1) is 16.9 Å². The molecule has 1 heterocycles. The molecule has 0 saturated heterocycles. The maximum absolute atomic E-state index is 12.7. The summed E-state index contributed by atoms with van der Waals surface area (Å²) in [4.78, 5) is 25.3. The monoisotopic (exact) mass is 392 g/mol. The summed E-state index contributed by atoms with van der Waals surface area (Å²) in [7, 11) is 0. The van der Waals surface area contributed by atoms with E-state index in [1.54, 1.807) is 23.5 Å². The summed E-state index contributed by atoms with van der Waals surface area (Å²) in [5.74, 6) is -0.287. The highest BCUT2D eigenvalue weighted by Gasteiger charge is 2.21. The molecule has 0 unspecified atom stereocenters. The molecule has 23 heavy (non-hydrogen) atoms. The number of amides is 2. The van der Waals surface area contributed by atoms with E-state index in [9.17, 15) is 9.59 Å². The van der Waals surface area contributed by atoms with E-state index in [1.807, 2.05) is 11.4 Å². The number of rotatable bonds is 3. The van der Waals surface area contributed by atoms with E-state index in [0.29, 0.717) is 11.4 Å². The Kier molecular flexibility index (Phi) is 4.82. The molecule has 6 heteroatoms. The van der Waals surface area contributed by atoms with Crippen molar-refractivity contribution in [2.75, 3.05) is 10.6 Å². The third kappa shape index (κ3) is 3.64. The Balaban J connectivity index is 1.87. The molecule has 0 saturated carbocycles. The predicted octanol–water partition coefficient (Wildman–Crippen LogP) is 4.60. The molecule has 2 aromatic rings. The Hall–Kier alpha value is -1.66. The zero-order chi connectivity index (χ0) is 16.4. The molecule has 120 valence electrons. The third-order valence-corrected chi connectivity index (χ3v) is 5.43. The van der Waals surface area contributed by atoms with E-state index >= 15 is 0 Å². The van der Waals surface area contributed by atoms with Crippen LogP contribution in [0.15, 0.2) is 28.1 Å². The summed E-state index contributed by atoms with van der Waals surface area (Å²) >= 11 is 5.07. The molecule has 0 spiro atoms. The number of hydrogen-bond donors (Lipinski definition) is 2. The summed E-state index contributed by atoms with van der Waals surface area (Å²) in [5.41, 5.74) is 3.14. The Morgan fingerprint density at radius 3 is 2.70 bits per heavy atom. The van der Waals surface area contributed by atoms with Crippen molar-refractivity contribution in [1.29, 1.82) is 0 Å². The number of carbonyl (C=O) groups is 2. The van der Waals surface area contributed by atoms with Crippen LogP contribution < -0.4 is 10.6 Å². The number of halogens is 1. The lowest BCUT2D eigenvalue weighted by atomic mass is 9.95. The van der Waals surface area contributed by atoms with Gasteiger partial charge in [0.15, 0.2) is 0 Å². The standard InChI is InChI=1S/C17H17BrN2O2S/c1-10(21)19-14-7-6-11(18)8-15(14)20-17(22)13-9-23-16-5-3-2-4-12(13)16/h6-9H,2-5H2,1H3,(H,19,21)(H,20,22). The highest BCUT2D eigenvalue weighted by atomic mass is 79.9. The second-order valence-corrected chi connectivity index (χ2v) is 7.46. The van der Waals surface area contributed by atoms with Crippen LogP contribution in [-0.4, -0.2) is 11.8 Å². The topological polar surface area (TPSA) is 58.2 Å². The Morgan fingerprint density at radius 2 is 1.91 bits per heavy atom. The van der Waals surface area contributed by atoms with Crippen molar-refractivity contribution < 1.29 is 9.59 Å². The largest absolute Gasteiger partial charge is 0.325 e. The molecule has 2 amide bonds. The van der Waals surface area contributed by atoms with E-state index in [2.05, 4.69) is 26.6 Å². The number of carbonyl (C=O) groups excluding carboxylic acids is 2. The fraction of sp³-hybridized carbons (Fsp3) is 0.294. The van der Waals surface area contributed by atoms with Gasteiger partial charge in [0.2, 0.25) is 5.91 Å². The lowest BCUT2D eigenvalue weighted by molar-refractivity contribution is -0.114. The zero-order valence-electron chi connectivity index (χ0n) is 12.7. The van der Waals surface area contributed by atoms with Gasteiger partial charge in [-0.25, -0.2) is 0 Å². The van der Waals surface area contributed by atoms with Crippen LogP contribution in [0.25, 0.3) is 0 Å². The van der Waals surface area contributed by atoms with Crippen LogP contribution in [0.4, 0.5) is 11.4 Å². The van der Waals surface area contributed by atoms with Crippen LogP contribution in [0.5, 0.6) is 0 Å². The number of hydrogen-bond acceptors (Lipinski definition) is 3. The first-order valence-corrected chi connectivity index (χ1v) is 9.19. The minimum Gasteiger partial charge on any atom is -0.325 e. The summed E-state index contributed by atoms with van der Waals surface area (Å²) < 4.78 is 0.842. The van der Waals surface area contributed by atoms with Crippen LogP contribution in [-0.2, 0) is 17.6 Å². The summed E-state index contributed by atoms with van der Waals surface area (Å²) in [6.45, 7) is 1.45. The van der Waals surface area contributed by atoms with E-state index in [1.165, 1.54) is 23.8 Å². The molecule has 2 N–H and O–H groups in total. The number of anilines is 2. The van der Waals surface area contributed by atoms with Crippen molar-refractivity contribution in [2.24, 2.45) is 0 Å². The fourth-order valence-electron chi connectivity index (χ4n) is 2.79. The van der Waals surface area contributed by atoms with Crippen molar-refractivity contribution in [1.82, 2.24) is 0 Å². The van der Waals surface area contributed by atoms with Crippen LogP contribution in [0.1, 0.15) is 40.6 Å². The molecule has 0 radical (unpaired) electrons. The smallest absolute Gasteiger partial charge is 0.256 e. The van der Waals surface area contributed by atoms with Gasteiger partial charge in [0.25, 0.3) is 5.91 Å². The first-order valence-electron chi connectivity index (χ1n) is 7.52. The molecule has 1 aliphatic rings. The number of aryl methyl sites for hydroxylation is 1. The molecule has 3 rings (SSSR count). The molecule has 0 aliphatic heterocycles. The molecule has 1 aromatic carbocycles. The molecule has 1 aliphatic carbocycles. The SMILES string of the molecule is CC(=O)Nc1ccc(Br)cc1NC(=O)c1csc2c1CCCC2. The van der Waals surface area contributed by atoms with Gasteiger partial charge < -0.3 is 10.6 Å². The zero-order valence-corrected chi connectivity index (χ0v) is 15.1. The van der Waals surface area contributed by atoms with E-state index in [0.717, 1.165) is 29.3 Å². The third-order valence-electron chi connectivity index (χ3n) is 3.85. The van der Waals surface area contributed by atoms with E-state index in [-0.39, 0.29) is 11.8 Å². The quantitative estimate of drug-likeness (QED) is 0.801. The maximum Gasteiger partial charge on any atom is 0.256 e. The molecule has 1 aromatic heterocycles. The number of thiophene rings is 1. The van der Waals surface area contributed by atoms with Gasteiger partial charge >= 0.3 is 0 Å². The van der Waals surface area contributed by atoms with Gasteiger partial charge in [-0.15, -0.1) is 11.3 Å². The summed E-state index contributed by atoms with van der Waals surface area (Å²) in [5, 5.41) is 7.62. The Bertz CT molecular complexity index is 770. The number of fused-ring (bicyclic) bond motifs is 1. The van der Waals surface area contributed by atoms with Crippen molar-refractivity contribution >= 4 is 50.5 Å². The highest BCUT2D eigenvalue weighted by Crippen LogP contribution is 2.32. The molecule has 0 bridgehead atoms. The Morgan fingerprint density at radius 1 is 1.13 bits per heavy atom. The fourth-order valence-corrected chi connectivity index (χ4v) is 4.28. The van der Waals surface area contributed by atoms with Crippen LogP contribution in [0.2, 0.25) is 0 Å². The van der Waals surface area contributed by atoms with Gasteiger partial charge in [-0.3, -0.25) is 9.59 Å². The van der Waals surface area contributed by atoms with E-state index in [4.69, 9.17) is 0 Å². The van der Waals surface area contributed by atoms with Crippen LogP contribution in [0, 0.1) is 0 Å². The van der Waals surface area contributed by atoms with Gasteiger partial charge in [0.1, 0.15) is 0 Å². The average Bonchev–Trinajstić information content (AvgIpc) is 2.93. The number of benzene rings is 1. The molecular formula is C17H17BrN2O2S. The maximum atomic E-state index is 12.7. The average molecular weight is 393 g/mol. The van der Waals surface area contributed by atoms with Gasteiger partial charge in [-0.05, 0) is 49.4 Å². The minimum absolute atomic E-state index is 0.117. The first-order chi connectivity index (χ1) is 11.0. The first kappa shape index (κ1) is 16.2. The minimum atomic E-state index is -0.171. The van der Waals surface area contributed by atoms with Crippen molar-refractivity contribution in [3.05, 3.63) is 44.1 Å². The van der Waals surface area contributed by atoms with Gasteiger partial charge in [-0.1, -0.05) is 15.9 Å². The van der Waals surface area contributed by atoms with Crippen molar-refractivity contribution in [3.63, 3.8) is 0 Å². The van der Waals surface area contributed by atoms with Crippen LogP contribution >= 0.6 is 27.3 Å². The summed E-state index contributed by atoms with van der Waals surface area (Å²) in [6, 6.07) is 5.39. The second-order valence-electron chi connectivity index (χ2n) is 5.58. The highest BCUT2D eigenvalue weighted by molar-refractivity contribution is 9.10. The van der Waals surface area contributed by atoms with Crippen molar-refractivity contribution in [2.45, 2.75) is 32.6 Å². The Labute approximate surface area is 147 Å². The summed E-state index contributed by atoms with van der Waals surface area (Å²) in [6.07, 6.45) is 4.38. The van der Waals surface area contributed by atoms with Gasteiger partial charge in [0, 0.05) is 21.7 Å². The van der Waals surface area contributed by atoms with E-state index < -0.39 is 0 Å². The lowest BCUT2D eigenvalue weighted by Gasteiger charge is -2.14. The molecule has 4 nitrogen and oxygen atoms in total. The second kappa shape index (κ2) is 6.84.